The largest absolute Gasteiger partial charge is 0.492 e. The van der Waals surface area contributed by atoms with Crippen molar-refractivity contribution in [2.75, 3.05) is 20.2 Å². The van der Waals surface area contributed by atoms with Crippen LogP contribution < -0.4 is 4.74 Å². The van der Waals surface area contributed by atoms with Crippen LogP contribution in [0.15, 0.2) is 60.7 Å². The third-order valence-corrected chi connectivity index (χ3v) is 5.10. The number of hydrogen-bond donors (Lipinski definition) is 0. The Labute approximate surface area is 178 Å². The predicted octanol–water partition coefficient (Wildman–Crippen LogP) is 4.41. The van der Waals surface area contributed by atoms with Crippen molar-refractivity contribution in [2.24, 2.45) is 0 Å². The summed E-state index contributed by atoms with van der Waals surface area (Å²) >= 11 is 0. The van der Waals surface area contributed by atoms with Crippen molar-refractivity contribution < 1.29 is 9.53 Å². The summed E-state index contributed by atoms with van der Waals surface area (Å²) in [5.41, 5.74) is 5.40. The lowest BCUT2D eigenvalue weighted by Crippen LogP contribution is -2.29. The molecule has 1 aromatic heterocycles. The highest BCUT2D eigenvalue weighted by Crippen LogP contribution is 2.17. The number of aryl methyl sites for hydroxylation is 2. The summed E-state index contributed by atoms with van der Waals surface area (Å²) in [5, 5.41) is 4.65. The molecule has 2 aromatic carbocycles. The van der Waals surface area contributed by atoms with Crippen LogP contribution in [0.1, 0.15) is 28.1 Å². The van der Waals surface area contributed by atoms with Gasteiger partial charge < -0.3 is 9.64 Å². The number of para-hydroxylation sites is 1. The quantitative estimate of drug-likeness (QED) is 0.524. The Morgan fingerprint density at radius 1 is 1.07 bits per heavy atom. The van der Waals surface area contributed by atoms with Gasteiger partial charge in [-0.1, -0.05) is 48.0 Å². The number of likely N-dealkylation sites (N-methyl/N-ethyl adjacent to an activating group) is 1. The molecule has 5 nitrogen and oxygen atoms in total. The number of benzene rings is 2. The Bertz CT molecular complexity index is 1000. The zero-order valence-corrected chi connectivity index (χ0v) is 18.1. The summed E-state index contributed by atoms with van der Waals surface area (Å²) in [7, 11) is 1.78. The summed E-state index contributed by atoms with van der Waals surface area (Å²) in [4.78, 5) is 14.1. The van der Waals surface area contributed by atoms with Gasteiger partial charge in [-0.3, -0.25) is 9.48 Å². The lowest BCUT2D eigenvalue weighted by Gasteiger charge is -2.15. The first kappa shape index (κ1) is 21.4. The first-order valence-corrected chi connectivity index (χ1v) is 10.1. The van der Waals surface area contributed by atoms with E-state index in [-0.39, 0.29) is 5.91 Å². The summed E-state index contributed by atoms with van der Waals surface area (Å²) in [5.74, 6) is 0.748. The van der Waals surface area contributed by atoms with Gasteiger partial charge in [0.25, 0.3) is 0 Å². The molecule has 3 aromatic rings. The fourth-order valence-corrected chi connectivity index (χ4v) is 3.18. The van der Waals surface area contributed by atoms with Gasteiger partial charge in [0.15, 0.2) is 0 Å². The molecule has 5 heteroatoms. The van der Waals surface area contributed by atoms with Crippen molar-refractivity contribution in [1.82, 2.24) is 14.7 Å². The van der Waals surface area contributed by atoms with Crippen LogP contribution in [0, 0.1) is 20.8 Å². The number of carbonyl (C=O) groups excluding carboxylic acids is 1. The number of carbonyl (C=O) groups is 1. The van der Waals surface area contributed by atoms with Crippen LogP contribution in [0.25, 0.3) is 6.08 Å². The Kier molecular flexibility index (Phi) is 7.07. The SMILES string of the molecule is Cc1ccc(Cn2nc(C)c(/C=C/C(=O)N(C)CCOc3ccccc3)c2C)cc1. The van der Waals surface area contributed by atoms with Crippen LogP contribution in [-0.4, -0.2) is 40.8 Å². The van der Waals surface area contributed by atoms with E-state index in [1.165, 1.54) is 11.1 Å². The van der Waals surface area contributed by atoms with Gasteiger partial charge in [-0.15, -0.1) is 0 Å². The van der Waals surface area contributed by atoms with E-state index >= 15 is 0 Å². The number of nitrogens with zero attached hydrogens (tertiary/aromatic N) is 3. The minimum Gasteiger partial charge on any atom is -0.492 e. The Morgan fingerprint density at radius 2 is 1.77 bits per heavy atom. The van der Waals surface area contributed by atoms with E-state index in [2.05, 4.69) is 36.3 Å². The minimum absolute atomic E-state index is 0.0586. The zero-order valence-electron chi connectivity index (χ0n) is 18.1. The van der Waals surface area contributed by atoms with E-state index in [9.17, 15) is 4.79 Å². The van der Waals surface area contributed by atoms with Gasteiger partial charge in [-0.25, -0.2) is 0 Å². The van der Waals surface area contributed by atoms with Crippen LogP contribution in [0.5, 0.6) is 5.75 Å². The smallest absolute Gasteiger partial charge is 0.246 e. The van der Waals surface area contributed by atoms with Gasteiger partial charge in [-0.2, -0.15) is 5.10 Å². The molecule has 1 heterocycles. The van der Waals surface area contributed by atoms with Crippen LogP contribution in [0.2, 0.25) is 0 Å². The molecule has 0 aliphatic rings. The number of ether oxygens (including phenoxy) is 1. The van der Waals surface area contributed by atoms with Crippen molar-refractivity contribution in [2.45, 2.75) is 27.3 Å². The Morgan fingerprint density at radius 3 is 2.47 bits per heavy atom. The third kappa shape index (κ3) is 5.60. The lowest BCUT2D eigenvalue weighted by molar-refractivity contribution is -0.125. The monoisotopic (exact) mass is 403 g/mol. The van der Waals surface area contributed by atoms with Crippen molar-refractivity contribution in [3.05, 3.63) is 88.8 Å². The van der Waals surface area contributed by atoms with Crippen LogP contribution in [-0.2, 0) is 11.3 Å². The maximum atomic E-state index is 12.5. The molecular formula is C25H29N3O2. The molecule has 0 N–H and O–H groups in total. The highest BCUT2D eigenvalue weighted by molar-refractivity contribution is 5.91. The summed E-state index contributed by atoms with van der Waals surface area (Å²) in [6, 6.07) is 18.1. The molecule has 0 unspecified atom stereocenters. The summed E-state index contributed by atoms with van der Waals surface area (Å²) < 4.78 is 7.65. The topological polar surface area (TPSA) is 47.4 Å². The van der Waals surface area contributed by atoms with Gasteiger partial charge in [0.05, 0.1) is 18.8 Å². The Balaban J connectivity index is 1.58. The lowest BCUT2D eigenvalue weighted by atomic mass is 10.1. The molecule has 0 atom stereocenters. The van der Waals surface area contributed by atoms with E-state index in [0.717, 1.165) is 22.7 Å². The fraction of sp³-hybridized carbons (Fsp3) is 0.280. The molecule has 30 heavy (non-hydrogen) atoms. The molecule has 0 saturated heterocycles. The molecule has 0 spiro atoms. The second kappa shape index (κ2) is 9.92. The van der Waals surface area contributed by atoms with Crippen molar-refractivity contribution >= 4 is 12.0 Å². The fourth-order valence-electron chi connectivity index (χ4n) is 3.18. The highest BCUT2D eigenvalue weighted by Gasteiger charge is 2.11. The van der Waals surface area contributed by atoms with Crippen molar-refractivity contribution in [3.8, 4) is 5.75 Å². The zero-order chi connectivity index (χ0) is 21.5. The standard InChI is InChI=1S/C25H29N3O2/c1-19-10-12-22(13-11-19)18-28-21(3)24(20(2)26-28)14-15-25(29)27(4)16-17-30-23-8-6-5-7-9-23/h5-15H,16-18H2,1-4H3/b15-14+. The van der Waals surface area contributed by atoms with Gasteiger partial charge in [-0.05, 0) is 44.5 Å². The van der Waals surface area contributed by atoms with Crippen molar-refractivity contribution in [1.29, 1.82) is 0 Å². The predicted molar refractivity (Wildman–Crippen MR) is 121 cm³/mol. The minimum atomic E-state index is -0.0586. The average Bonchev–Trinajstić information content (AvgIpc) is 3.01. The number of rotatable bonds is 8. The average molecular weight is 404 g/mol. The van der Waals surface area contributed by atoms with Gasteiger partial charge in [0, 0.05) is 24.4 Å². The van der Waals surface area contributed by atoms with E-state index in [0.29, 0.717) is 19.7 Å². The molecule has 156 valence electrons. The maximum Gasteiger partial charge on any atom is 0.246 e. The normalized spacial score (nSPS) is 11.1. The van der Waals surface area contributed by atoms with Crippen molar-refractivity contribution in [3.63, 3.8) is 0 Å². The number of aromatic nitrogens is 2. The summed E-state index contributed by atoms with van der Waals surface area (Å²) in [6.45, 7) is 7.77. The van der Waals surface area contributed by atoms with Crippen LogP contribution in [0.4, 0.5) is 0 Å². The second-order valence-electron chi connectivity index (χ2n) is 7.48. The molecule has 1 amide bonds. The summed E-state index contributed by atoms with van der Waals surface area (Å²) in [6.07, 6.45) is 3.47. The molecule has 0 saturated carbocycles. The van der Waals surface area contributed by atoms with E-state index < -0.39 is 0 Å². The molecule has 0 fully saturated rings. The van der Waals surface area contributed by atoms with E-state index in [1.54, 1.807) is 18.0 Å². The first-order valence-electron chi connectivity index (χ1n) is 10.1. The van der Waals surface area contributed by atoms with E-state index in [4.69, 9.17) is 4.74 Å². The molecule has 0 aliphatic carbocycles. The molecule has 3 rings (SSSR count). The molecule has 0 bridgehead atoms. The first-order chi connectivity index (χ1) is 14.4. The third-order valence-electron chi connectivity index (χ3n) is 5.10. The Hall–Kier alpha value is -3.34. The van der Waals surface area contributed by atoms with Gasteiger partial charge >= 0.3 is 0 Å². The maximum absolute atomic E-state index is 12.5. The number of hydrogen-bond acceptors (Lipinski definition) is 3. The molecular weight excluding hydrogens is 374 g/mol. The second-order valence-corrected chi connectivity index (χ2v) is 7.48. The molecule has 0 radical (unpaired) electrons. The van der Waals surface area contributed by atoms with Gasteiger partial charge in [0.2, 0.25) is 5.91 Å². The van der Waals surface area contributed by atoms with Gasteiger partial charge in [0.1, 0.15) is 12.4 Å². The highest BCUT2D eigenvalue weighted by atomic mass is 16.5. The van der Waals surface area contributed by atoms with E-state index in [1.807, 2.05) is 54.9 Å². The van der Waals surface area contributed by atoms with Crippen LogP contribution >= 0.6 is 0 Å². The molecule has 0 aliphatic heterocycles. The van der Waals surface area contributed by atoms with Crippen LogP contribution in [0.3, 0.4) is 0 Å². The number of amides is 1.